The van der Waals surface area contributed by atoms with Gasteiger partial charge in [0.2, 0.25) is 0 Å². The Morgan fingerprint density at radius 2 is 1.48 bits per heavy atom. The molecular formula is C15H26B9N5. The standard InChI is InChI=1S/C15H26B9N5/c16-11(12(17,18)14(21,22)15(23,24)13(11,19)20)5-29-4-7(3-28-29)9-8-1-2-25-10(8)27-6-26-9/h1-4,6H,5,16-24H2,(H,25,26,27). The lowest BCUT2D eigenvalue weighted by Crippen LogP contribution is -2.42. The van der Waals surface area contributed by atoms with Gasteiger partial charge in [0.1, 0.15) is 19.8 Å². The van der Waals surface area contributed by atoms with Gasteiger partial charge in [0.05, 0.1) is 74.7 Å². The Kier molecular flexibility index (Phi) is 4.26. The highest BCUT2D eigenvalue weighted by molar-refractivity contribution is 6.71. The molecule has 0 atom stereocenters. The van der Waals surface area contributed by atoms with Crippen LogP contribution in [-0.4, -0.2) is 95.3 Å². The van der Waals surface area contributed by atoms with Crippen LogP contribution in [0, 0.1) is 0 Å². The quantitative estimate of drug-likeness (QED) is 0.465. The molecule has 0 unspecified atom stereocenters. The topological polar surface area (TPSA) is 59.4 Å². The summed E-state index contributed by atoms with van der Waals surface area (Å²) >= 11 is 0. The predicted molar refractivity (Wildman–Crippen MR) is 145 cm³/mol. The van der Waals surface area contributed by atoms with E-state index in [9.17, 15) is 0 Å². The van der Waals surface area contributed by atoms with Crippen molar-refractivity contribution in [2.24, 2.45) is 0 Å². The van der Waals surface area contributed by atoms with Gasteiger partial charge in [-0.25, -0.2) is 9.97 Å². The molecule has 0 aliphatic heterocycles. The van der Waals surface area contributed by atoms with Crippen LogP contribution in [0.4, 0.5) is 0 Å². The van der Waals surface area contributed by atoms with Crippen molar-refractivity contribution in [3.8, 4) is 11.3 Å². The van der Waals surface area contributed by atoms with Crippen LogP contribution < -0.4 is 0 Å². The van der Waals surface area contributed by atoms with Crippen LogP contribution in [0.15, 0.2) is 31.0 Å². The number of aromatic amines is 1. The molecule has 0 aromatic carbocycles. The third-order valence-electron chi connectivity index (χ3n) is 10.2. The van der Waals surface area contributed by atoms with E-state index in [0.29, 0.717) is 0 Å². The molecule has 0 radical (unpaired) electrons. The maximum atomic E-state index is 4.77. The number of hydrogen-bond donors (Lipinski definition) is 1. The Morgan fingerprint density at radius 1 is 0.862 bits per heavy atom. The summed E-state index contributed by atoms with van der Waals surface area (Å²) in [7, 11) is 22.0. The van der Waals surface area contributed by atoms with Gasteiger partial charge in [0, 0.05) is 29.9 Å². The molecule has 3 aromatic heterocycles. The third kappa shape index (κ3) is 2.38. The first-order valence-electron chi connectivity index (χ1n) is 10.6. The van der Waals surface area contributed by atoms with E-state index in [4.69, 9.17) is 5.10 Å². The minimum Gasteiger partial charge on any atom is -0.346 e. The first-order chi connectivity index (χ1) is 13.3. The van der Waals surface area contributed by atoms with Gasteiger partial charge in [-0.2, -0.15) is 5.10 Å². The monoisotopic (exact) mass is 375 g/mol. The highest BCUT2D eigenvalue weighted by Crippen LogP contribution is 2.86. The Hall–Kier alpha value is -1.59. The van der Waals surface area contributed by atoms with Crippen LogP contribution >= 0.6 is 0 Å². The number of H-pyrrole nitrogens is 1. The van der Waals surface area contributed by atoms with Crippen molar-refractivity contribution in [1.82, 2.24) is 24.7 Å². The van der Waals surface area contributed by atoms with Crippen molar-refractivity contribution >= 4 is 81.6 Å². The van der Waals surface area contributed by atoms with Gasteiger partial charge < -0.3 is 4.98 Å². The molecule has 1 aliphatic rings. The first-order valence-corrected chi connectivity index (χ1v) is 10.6. The van der Waals surface area contributed by atoms with E-state index >= 15 is 0 Å². The molecule has 1 N–H and O–H groups in total. The summed E-state index contributed by atoms with van der Waals surface area (Å²) in [5, 5.41) is 6.47. The summed E-state index contributed by atoms with van der Waals surface area (Å²) < 4.78 is 2.12. The molecule has 29 heavy (non-hydrogen) atoms. The van der Waals surface area contributed by atoms with Gasteiger partial charge in [-0.1, -0.05) is 15.7 Å². The molecule has 0 amide bonds. The van der Waals surface area contributed by atoms with Crippen molar-refractivity contribution < 1.29 is 0 Å². The zero-order chi connectivity index (χ0) is 21.5. The van der Waals surface area contributed by atoms with Crippen LogP contribution in [0.25, 0.3) is 22.3 Å². The van der Waals surface area contributed by atoms with Crippen molar-refractivity contribution in [2.45, 2.75) is 32.7 Å². The Morgan fingerprint density at radius 3 is 2.10 bits per heavy atom. The zero-order valence-corrected chi connectivity index (χ0v) is 19.4. The van der Waals surface area contributed by atoms with Gasteiger partial charge in [-0.3, -0.25) is 4.68 Å². The number of hydrogen-bond acceptors (Lipinski definition) is 3. The van der Waals surface area contributed by atoms with E-state index in [1.807, 2.05) is 18.5 Å². The van der Waals surface area contributed by atoms with Crippen LogP contribution in [0.5, 0.6) is 0 Å². The number of rotatable bonds is 3. The summed E-state index contributed by atoms with van der Waals surface area (Å²) in [4.78, 5) is 12.0. The average molecular weight is 374 g/mol. The molecule has 14 heteroatoms. The largest absolute Gasteiger partial charge is 0.346 e. The normalized spacial score (nSPS) is 23.2. The Balaban J connectivity index is 1.76. The average Bonchev–Trinajstić information content (AvgIpc) is 3.30. The molecule has 0 spiro atoms. The van der Waals surface area contributed by atoms with Crippen molar-refractivity contribution in [3.05, 3.63) is 31.0 Å². The van der Waals surface area contributed by atoms with E-state index in [2.05, 4.69) is 96.4 Å². The van der Waals surface area contributed by atoms with E-state index in [1.165, 1.54) is 0 Å². The molecule has 0 bridgehead atoms. The van der Waals surface area contributed by atoms with E-state index < -0.39 is 0 Å². The van der Waals surface area contributed by atoms with E-state index in [1.54, 1.807) is 6.33 Å². The number of aromatic nitrogens is 5. The molecule has 0 saturated heterocycles. The lowest BCUT2D eigenvalue weighted by molar-refractivity contribution is 0.406. The second kappa shape index (κ2) is 5.98. The minimum absolute atomic E-state index is 0.0609. The van der Waals surface area contributed by atoms with Gasteiger partial charge in [0.25, 0.3) is 0 Å². The fourth-order valence-electron chi connectivity index (χ4n) is 6.12. The lowest BCUT2D eigenvalue weighted by Gasteiger charge is -2.51. The summed E-state index contributed by atoms with van der Waals surface area (Å²) in [5.74, 6) is 0. The highest BCUT2D eigenvalue weighted by atomic mass is 15.3. The summed E-state index contributed by atoms with van der Waals surface area (Å²) in [6.45, 7) is 0.876. The second-order valence-electron chi connectivity index (χ2n) is 11.2. The zero-order valence-electron chi connectivity index (χ0n) is 19.4. The van der Waals surface area contributed by atoms with Crippen LogP contribution in [0.3, 0.4) is 0 Å². The van der Waals surface area contributed by atoms with Crippen LogP contribution in [-0.2, 0) is 6.54 Å². The van der Waals surface area contributed by atoms with Gasteiger partial charge in [-0.05, 0) is 6.07 Å². The number of fused-ring (bicyclic) bond motifs is 1. The van der Waals surface area contributed by atoms with Crippen molar-refractivity contribution in [2.75, 3.05) is 0 Å². The molecule has 4 rings (SSSR count). The van der Waals surface area contributed by atoms with Gasteiger partial charge >= 0.3 is 0 Å². The van der Waals surface area contributed by atoms with Crippen molar-refractivity contribution in [1.29, 1.82) is 0 Å². The molecular weight excluding hydrogens is 348 g/mol. The summed E-state index contributed by atoms with van der Waals surface area (Å²) in [5.41, 5.74) is 2.82. The van der Waals surface area contributed by atoms with Gasteiger partial charge in [-0.15, -0.1) is 10.4 Å². The predicted octanol–water partition coefficient (Wildman–Crippen LogP) is -5.84. The van der Waals surface area contributed by atoms with E-state index in [0.717, 1.165) is 28.8 Å². The second-order valence-corrected chi connectivity index (χ2v) is 11.2. The Labute approximate surface area is 181 Å². The van der Waals surface area contributed by atoms with Crippen LogP contribution in [0.1, 0.15) is 0 Å². The smallest absolute Gasteiger partial charge is 0.141 e. The molecule has 3 heterocycles. The molecule has 138 valence electrons. The molecule has 1 saturated carbocycles. The molecule has 1 aliphatic carbocycles. The lowest BCUT2D eigenvalue weighted by atomic mass is 9.17. The first kappa shape index (κ1) is 20.7. The van der Waals surface area contributed by atoms with Crippen LogP contribution in [0.2, 0.25) is 26.2 Å². The maximum absolute atomic E-state index is 4.77. The maximum Gasteiger partial charge on any atom is 0.141 e. The molecule has 5 nitrogen and oxygen atoms in total. The van der Waals surface area contributed by atoms with Crippen molar-refractivity contribution in [3.63, 3.8) is 0 Å². The summed E-state index contributed by atoms with van der Waals surface area (Å²) in [6.07, 6.45) is 7.59. The SMILES string of the molecule is BC1(B)C(B)(B)C(B)(B)C(B)(Cn2cc(-c3ncnc4[nH]ccc34)cn2)C1(B)B. The number of nitrogens with one attached hydrogen (secondary N) is 1. The fraction of sp³-hybridized carbons (Fsp3) is 0.400. The number of nitrogens with zero attached hydrogens (tertiary/aromatic N) is 4. The fourth-order valence-corrected chi connectivity index (χ4v) is 6.12. The Bertz CT molecular complexity index is 1060. The minimum atomic E-state index is 0.0609. The van der Waals surface area contributed by atoms with Gasteiger partial charge in [0.15, 0.2) is 0 Å². The molecule has 3 aromatic rings. The third-order valence-corrected chi connectivity index (χ3v) is 10.2. The summed E-state index contributed by atoms with van der Waals surface area (Å²) in [6, 6.07) is 2.03. The molecule has 1 fully saturated rings. The van der Waals surface area contributed by atoms with E-state index in [-0.39, 0.29) is 26.2 Å². The highest BCUT2D eigenvalue weighted by Gasteiger charge is 2.70.